The molecule has 0 bridgehead atoms. The summed E-state index contributed by atoms with van der Waals surface area (Å²) in [5.74, 6) is 0.369. The van der Waals surface area contributed by atoms with Gasteiger partial charge in [0.1, 0.15) is 11.5 Å². The highest BCUT2D eigenvalue weighted by molar-refractivity contribution is 7.09. The number of nitrogens with zero attached hydrogens (tertiary/aromatic N) is 2. The van der Waals surface area contributed by atoms with E-state index in [1.807, 2.05) is 12.3 Å². The average molecular weight is 311 g/mol. The van der Waals surface area contributed by atoms with Gasteiger partial charge in [-0.05, 0) is 19.1 Å². The minimum absolute atomic E-state index is 0.240. The fourth-order valence-electron chi connectivity index (χ4n) is 1.62. The van der Waals surface area contributed by atoms with E-state index in [-0.39, 0.29) is 11.6 Å². The van der Waals surface area contributed by atoms with Crippen LogP contribution in [0.25, 0.3) is 0 Å². The smallest absolute Gasteiger partial charge is 0.271 e. The predicted octanol–water partition coefficient (Wildman–Crippen LogP) is 2.60. The van der Waals surface area contributed by atoms with Crippen LogP contribution < -0.4 is 10.6 Å². The number of carbonyl (C=O) groups excluding carboxylic acids is 1. The van der Waals surface area contributed by atoms with Crippen LogP contribution in [-0.4, -0.2) is 29.0 Å². The highest BCUT2D eigenvalue weighted by Crippen LogP contribution is 2.16. The molecule has 2 heterocycles. The van der Waals surface area contributed by atoms with Crippen molar-refractivity contribution in [3.63, 3.8) is 0 Å². The third kappa shape index (κ3) is 3.91. The maximum absolute atomic E-state index is 12.0. The van der Waals surface area contributed by atoms with E-state index in [9.17, 15) is 4.79 Å². The molecule has 2 rings (SSSR count). The number of nitrogens with one attached hydrogen (secondary N) is 2. The van der Waals surface area contributed by atoms with E-state index in [0.717, 1.165) is 11.6 Å². The SMILES string of the molecule is CCNc1ccc(Cl)c(C(=O)NCCc2nccs2)n1. The Morgan fingerprint density at radius 1 is 1.45 bits per heavy atom. The van der Waals surface area contributed by atoms with E-state index >= 15 is 0 Å². The Hall–Kier alpha value is -1.66. The zero-order valence-electron chi connectivity index (χ0n) is 11.0. The molecule has 0 fully saturated rings. The van der Waals surface area contributed by atoms with Crippen LogP contribution in [0.5, 0.6) is 0 Å². The Bertz CT molecular complexity index is 574. The van der Waals surface area contributed by atoms with Crippen LogP contribution >= 0.6 is 22.9 Å². The van der Waals surface area contributed by atoms with Crippen molar-refractivity contribution in [2.24, 2.45) is 0 Å². The van der Waals surface area contributed by atoms with E-state index in [0.29, 0.717) is 23.8 Å². The van der Waals surface area contributed by atoms with Gasteiger partial charge in [-0.3, -0.25) is 4.79 Å². The first-order valence-electron chi connectivity index (χ1n) is 6.27. The molecule has 0 saturated heterocycles. The molecule has 0 aromatic carbocycles. The highest BCUT2D eigenvalue weighted by atomic mass is 35.5. The van der Waals surface area contributed by atoms with Gasteiger partial charge in [0.2, 0.25) is 0 Å². The van der Waals surface area contributed by atoms with Gasteiger partial charge < -0.3 is 10.6 Å². The Morgan fingerprint density at radius 3 is 3.00 bits per heavy atom. The second-order valence-electron chi connectivity index (χ2n) is 3.99. The molecule has 7 heteroatoms. The third-order valence-electron chi connectivity index (χ3n) is 2.53. The van der Waals surface area contributed by atoms with E-state index in [2.05, 4.69) is 20.6 Å². The summed E-state index contributed by atoms with van der Waals surface area (Å²) >= 11 is 7.58. The number of rotatable bonds is 6. The van der Waals surface area contributed by atoms with Crippen molar-refractivity contribution >= 4 is 34.7 Å². The molecular weight excluding hydrogens is 296 g/mol. The quantitative estimate of drug-likeness (QED) is 0.860. The molecule has 106 valence electrons. The molecule has 0 radical (unpaired) electrons. The summed E-state index contributed by atoms with van der Waals surface area (Å²) in [5.41, 5.74) is 0.240. The van der Waals surface area contributed by atoms with Crippen LogP contribution in [0.3, 0.4) is 0 Å². The van der Waals surface area contributed by atoms with Crippen molar-refractivity contribution in [3.8, 4) is 0 Å². The minimum atomic E-state index is -0.272. The summed E-state index contributed by atoms with van der Waals surface area (Å²) in [5, 5.41) is 9.10. The summed E-state index contributed by atoms with van der Waals surface area (Å²) in [7, 11) is 0. The number of amides is 1. The maximum Gasteiger partial charge on any atom is 0.271 e. The van der Waals surface area contributed by atoms with Gasteiger partial charge in [0, 0.05) is 31.1 Å². The van der Waals surface area contributed by atoms with E-state index < -0.39 is 0 Å². The average Bonchev–Trinajstić information content (AvgIpc) is 2.94. The van der Waals surface area contributed by atoms with Gasteiger partial charge in [-0.2, -0.15) is 0 Å². The number of carbonyl (C=O) groups is 1. The van der Waals surface area contributed by atoms with E-state index in [4.69, 9.17) is 11.6 Å². The van der Waals surface area contributed by atoms with Crippen LogP contribution in [0.15, 0.2) is 23.7 Å². The monoisotopic (exact) mass is 310 g/mol. The summed E-state index contributed by atoms with van der Waals surface area (Å²) in [6, 6.07) is 3.42. The molecule has 0 atom stereocenters. The van der Waals surface area contributed by atoms with Crippen LogP contribution in [-0.2, 0) is 6.42 Å². The highest BCUT2D eigenvalue weighted by Gasteiger charge is 2.12. The van der Waals surface area contributed by atoms with Gasteiger partial charge in [-0.15, -0.1) is 11.3 Å². The first kappa shape index (κ1) is 14.7. The molecule has 1 amide bonds. The Balaban J connectivity index is 1.95. The van der Waals surface area contributed by atoms with Crippen LogP contribution in [0.4, 0.5) is 5.82 Å². The lowest BCUT2D eigenvalue weighted by Crippen LogP contribution is -2.27. The Labute approximate surface area is 126 Å². The Kier molecular flexibility index (Phi) is 5.31. The molecule has 20 heavy (non-hydrogen) atoms. The largest absolute Gasteiger partial charge is 0.370 e. The summed E-state index contributed by atoms with van der Waals surface area (Å²) in [6.45, 7) is 3.21. The lowest BCUT2D eigenvalue weighted by atomic mass is 10.3. The lowest BCUT2D eigenvalue weighted by molar-refractivity contribution is 0.0949. The minimum Gasteiger partial charge on any atom is -0.370 e. The Morgan fingerprint density at radius 2 is 2.30 bits per heavy atom. The third-order valence-corrected chi connectivity index (χ3v) is 3.67. The molecule has 2 aromatic rings. The normalized spacial score (nSPS) is 10.3. The number of halogens is 1. The molecule has 0 unspecified atom stereocenters. The lowest BCUT2D eigenvalue weighted by Gasteiger charge is -2.08. The summed E-state index contributed by atoms with van der Waals surface area (Å²) in [6.07, 6.45) is 2.45. The number of pyridine rings is 1. The van der Waals surface area contributed by atoms with Crippen LogP contribution in [0, 0.1) is 0 Å². The van der Waals surface area contributed by atoms with Crippen molar-refractivity contribution in [2.75, 3.05) is 18.4 Å². The van der Waals surface area contributed by atoms with Gasteiger partial charge in [0.15, 0.2) is 0 Å². The van der Waals surface area contributed by atoms with Crippen LogP contribution in [0.2, 0.25) is 5.02 Å². The predicted molar refractivity (Wildman–Crippen MR) is 81.6 cm³/mol. The summed E-state index contributed by atoms with van der Waals surface area (Å²) < 4.78 is 0. The second kappa shape index (κ2) is 7.21. The molecule has 0 spiro atoms. The fraction of sp³-hybridized carbons (Fsp3) is 0.308. The fourth-order valence-corrected chi connectivity index (χ4v) is 2.44. The molecular formula is C13H15ClN4OS. The number of thiazole rings is 1. The molecule has 2 N–H and O–H groups in total. The van der Waals surface area contributed by atoms with Gasteiger partial charge in [-0.25, -0.2) is 9.97 Å². The molecule has 0 aliphatic heterocycles. The van der Waals surface area contributed by atoms with E-state index in [1.165, 1.54) is 0 Å². The maximum atomic E-state index is 12.0. The molecule has 5 nitrogen and oxygen atoms in total. The molecule has 0 aliphatic rings. The van der Waals surface area contributed by atoms with E-state index in [1.54, 1.807) is 29.7 Å². The first-order chi connectivity index (χ1) is 9.70. The van der Waals surface area contributed by atoms with Gasteiger partial charge >= 0.3 is 0 Å². The number of anilines is 1. The molecule has 0 aliphatic carbocycles. The summed E-state index contributed by atoms with van der Waals surface area (Å²) in [4.78, 5) is 20.4. The van der Waals surface area contributed by atoms with Crippen molar-refractivity contribution in [1.29, 1.82) is 0 Å². The van der Waals surface area contributed by atoms with Crippen molar-refractivity contribution < 1.29 is 4.79 Å². The van der Waals surface area contributed by atoms with Crippen molar-refractivity contribution in [2.45, 2.75) is 13.3 Å². The van der Waals surface area contributed by atoms with Crippen LogP contribution in [0.1, 0.15) is 22.4 Å². The number of aromatic nitrogens is 2. The van der Waals surface area contributed by atoms with Crippen molar-refractivity contribution in [3.05, 3.63) is 39.4 Å². The van der Waals surface area contributed by atoms with Gasteiger partial charge in [-0.1, -0.05) is 11.6 Å². The topological polar surface area (TPSA) is 66.9 Å². The van der Waals surface area contributed by atoms with Gasteiger partial charge in [0.25, 0.3) is 5.91 Å². The first-order valence-corrected chi connectivity index (χ1v) is 7.53. The number of hydrogen-bond acceptors (Lipinski definition) is 5. The number of hydrogen-bond donors (Lipinski definition) is 2. The second-order valence-corrected chi connectivity index (χ2v) is 5.38. The zero-order valence-corrected chi connectivity index (χ0v) is 12.6. The molecule has 2 aromatic heterocycles. The van der Waals surface area contributed by atoms with Crippen molar-refractivity contribution in [1.82, 2.24) is 15.3 Å². The van der Waals surface area contributed by atoms with Gasteiger partial charge in [0.05, 0.1) is 10.0 Å². The molecule has 0 saturated carbocycles. The standard InChI is InChI=1S/C13H15ClN4OS/c1-2-15-10-4-3-9(14)12(18-10)13(19)17-6-5-11-16-7-8-20-11/h3-4,7-8H,2,5-6H2,1H3,(H,15,18)(H,17,19). The zero-order chi connectivity index (χ0) is 14.4.